The van der Waals surface area contributed by atoms with Crippen molar-refractivity contribution in [2.75, 3.05) is 0 Å². The molecule has 68 valence electrons. The van der Waals surface area contributed by atoms with E-state index in [1.807, 2.05) is 0 Å². The molecule has 0 aromatic carbocycles. The molecule has 0 aromatic rings. The summed E-state index contributed by atoms with van der Waals surface area (Å²) >= 11 is 0. The summed E-state index contributed by atoms with van der Waals surface area (Å²) in [6.07, 6.45) is 0. The predicted molar refractivity (Wildman–Crippen MR) is 68.1 cm³/mol. The second kappa shape index (κ2) is 24.1. The predicted octanol–water partition coefficient (Wildman–Crippen LogP) is -4.70. The number of rotatable bonds is 2. The van der Waals surface area contributed by atoms with E-state index in [1.54, 1.807) is 0 Å². The summed E-state index contributed by atoms with van der Waals surface area (Å²) in [4.78, 5) is 31.0. The van der Waals surface area contributed by atoms with Gasteiger partial charge in [-0.3, -0.25) is 0 Å². The van der Waals surface area contributed by atoms with E-state index >= 15 is 0 Å². The van der Waals surface area contributed by atoms with Crippen LogP contribution in [0, 0.1) is 0 Å². The molecule has 0 spiro atoms. The number of hydrogen-bond acceptors (Lipinski definition) is 3. The van der Waals surface area contributed by atoms with E-state index in [2.05, 4.69) is 4.31 Å². The fourth-order valence-electron chi connectivity index (χ4n) is 0.139. The Morgan fingerprint density at radius 2 is 0.733 bits per heavy atom. The van der Waals surface area contributed by atoms with Crippen LogP contribution in [0.4, 0.5) is 0 Å². The quantitative estimate of drug-likeness (QED) is 0.262. The van der Waals surface area contributed by atoms with E-state index in [1.165, 1.54) is 0 Å². The summed E-state index contributed by atoms with van der Waals surface area (Å²) in [6, 6.07) is 0. The Morgan fingerprint density at radius 1 is 0.600 bits per heavy atom. The van der Waals surface area contributed by atoms with Crippen LogP contribution in [0.3, 0.4) is 0 Å². The van der Waals surface area contributed by atoms with Gasteiger partial charge in [-0.05, 0) is 0 Å². The van der Waals surface area contributed by atoms with Gasteiger partial charge in [-0.1, -0.05) is 0 Å². The van der Waals surface area contributed by atoms with E-state index in [-0.39, 0.29) is 308 Å². The molecule has 0 aliphatic rings. The first-order valence-corrected chi connectivity index (χ1v) is 4.59. The molecule has 15 heavy (non-hydrogen) atoms. The zero-order chi connectivity index (χ0) is 7.71. The van der Waals surface area contributed by atoms with Crippen molar-refractivity contribution in [3.63, 3.8) is 0 Å². The molecule has 0 aliphatic carbocycles. The monoisotopic (exact) mass is 418 g/mol. The Hall–Kier alpha value is 10.1. The van der Waals surface area contributed by atoms with Gasteiger partial charge in [0.1, 0.15) is 0 Å². The zero-order valence-corrected chi connectivity index (χ0v) is 5.70. The number of hydrogen-bond donors (Lipinski definition) is 4. The fraction of sp³-hybridized carbons (Fsp3) is 0. The van der Waals surface area contributed by atoms with Crippen LogP contribution < -0.4 is 0 Å². The van der Waals surface area contributed by atoms with Gasteiger partial charge in [-0.2, -0.15) is 4.31 Å². The van der Waals surface area contributed by atoms with Gasteiger partial charge < -0.3 is 19.6 Å². The first-order chi connectivity index (χ1) is 3.71. The van der Waals surface area contributed by atoms with Gasteiger partial charge in [0.2, 0.25) is 0 Å². The molecule has 4 N–H and O–H groups in total. The average Bonchev–Trinajstić information content (AvgIpc) is 1.14. The van der Waals surface area contributed by atoms with Crippen molar-refractivity contribution in [3.05, 3.63) is 0 Å². The minimum absolute atomic E-state index is 0. The Balaban J connectivity index is -0.0000000213. The zero-order valence-electron chi connectivity index (χ0n) is 3.91. The Bertz CT molecular complexity index is 162. The van der Waals surface area contributed by atoms with Crippen LogP contribution in [0.25, 0.3) is 0 Å². The second-order valence-electron chi connectivity index (χ2n) is 1.06. The number of phosphoric acid groups is 2. The van der Waals surface area contributed by atoms with Gasteiger partial charge in [-0.15, -0.1) is 0 Å². The summed E-state index contributed by atoms with van der Waals surface area (Å²) in [7, 11) is -10.1. The molecule has 0 amide bonds. The Labute approximate surface area is 343 Å². The molecule has 7 nitrogen and oxygen atoms in total. The molecule has 0 aliphatic heterocycles. The van der Waals surface area contributed by atoms with Crippen LogP contribution in [0.5, 0.6) is 0 Å². The van der Waals surface area contributed by atoms with Crippen LogP contribution in [-0.2, 0) is 13.4 Å². The molecule has 0 saturated carbocycles. The van der Waals surface area contributed by atoms with Gasteiger partial charge in [0.25, 0.3) is 0 Å². The molecule has 15 heteroatoms. The molecule has 0 fully saturated rings. The SMILES string of the molecule is O=P(O)(O)OP(=O)(O)O.[KH].[KH].[KH].[KH].[KH].[KH]. The van der Waals surface area contributed by atoms with E-state index in [0.717, 1.165) is 0 Å². The summed E-state index contributed by atoms with van der Waals surface area (Å²) < 4.78 is 22.2. The van der Waals surface area contributed by atoms with Crippen LogP contribution in [-0.4, -0.2) is 328 Å². The Morgan fingerprint density at radius 3 is 0.733 bits per heavy atom. The summed E-state index contributed by atoms with van der Waals surface area (Å²) in [5.41, 5.74) is 0. The van der Waals surface area contributed by atoms with E-state index in [0.29, 0.717) is 0 Å². The van der Waals surface area contributed by atoms with E-state index in [9.17, 15) is 9.13 Å². The molecule has 0 radical (unpaired) electrons. The third-order valence-electron chi connectivity index (χ3n) is 0.213. The van der Waals surface area contributed by atoms with Crippen LogP contribution in [0.1, 0.15) is 0 Å². The van der Waals surface area contributed by atoms with E-state index in [4.69, 9.17) is 19.6 Å². The van der Waals surface area contributed by atoms with Gasteiger partial charge in [0.15, 0.2) is 0 Å². The molecule has 0 rings (SSSR count). The standard InChI is InChI=1S/6K.H4O7P2.6H/c;;;;;;1-8(2,3)7-9(4,5)6;;;;;;/h;;;;;;(H2,1,2,3)(H2,4,5,6);;;;;;. The summed E-state index contributed by atoms with van der Waals surface area (Å²) in [5, 5.41) is 0. The van der Waals surface area contributed by atoms with E-state index < -0.39 is 15.6 Å². The third-order valence-corrected chi connectivity index (χ3v) is 1.91. The Kier molecular flexibility index (Phi) is 71.4. The molecule has 0 aromatic heterocycles. The van der Waals surface area contributed by atoms with Gasteiger partial charge in [0.05, 0.1) is 0 Å². The molecule has 0 atom stereocenters. The van der Waals surface area contributed by atoms with Gasteiger partial charge in [-0.25, -0.2) is 9.13 Å². The van der Waals surface area contributed by atoms with Gasteiger partial charge >= 0.3 is 324 Å². The maximum atomic E-state index is 9.63. The molecule has 0 saturated heterocycles. The van der Waals surface area contributed by atoms with Crippen LogP contribution in [0.2, 0.25) is 0 Å². The van der Waals surface area contributed by atoms with Crippen molar-refractivity contribution in [2.24, 2.45) is 0 Å². The fourth-order valence-corrected chi connectivity index (χ4v) is 1.25. The van der Waals surface area contributed by atoms with Crippen molar-refractivity contribution in [1.82, 2.24) is 0 Å². The molecule has 0 bridgehead atoms. The molecule has 0 heterocycles. The third kappa shape index (κ3) is 45.4. The summed E-state index contributed by atoms with van der Waals surface area (Å²) in [6.45, 7) is 0. The van der Waals surface area contributed by atoms with Crippen molar-refractivity contribution < 1.29 is 33.0 Å². The van der Waals surface area contributed by atoms with Gasteiger partial charge in [0, 0.05) is 0 Å². The van der Waals surface area contributed by atoms with Crippen LogP contribution in [0.15, 0.2) is 0 Å². The maximum absolute atomic E-state index is 9.63. The molecular formula is H10K6O7P2. The molecule has 0 unspecified atom stereocenters. The van der Waals surface area contributed by atoms with Crippen molar-refractivity contribution in [2.45, 2.75) is 0 Å². The normalized spacial score (nSPS) is 8.27. The average molecular weight is 419 g/mol. The van der Waals surface area contributed by atoms with Crippen LogP contribution >= 0.6 is 15.6 Å². The first-order valence-electron chi connectivity index (χ1n) is 1.53. The molecular weight excluding hydrogens is 409 g/mol. The topological polar surface area (TPSA) is 124 Å². The van der Waals surface area contributed by atoms with Crippen molar-refractivity contribution >= 4 is 324 Å². The first kappa shape index (κ1) is 44.5. The van der Waals surface area contributed by atoms with Crippen molar-refractivity contribution in [1.29, 1.82) is 0 Å². The summed E-state index contributed by atoms with van der Waals surface area (Å²) in [5.74, 6) is 0. The second-order valence-corrected chi connectivity index (χ2v) is 3.68. The van der Waals surface area contributed by atoms with Crippen molar-refractivity contribution in [3.8, 4) is 0 Å². The minimum atomic E-state index is -5.05.